The van der Waals surface area contributed by atoms with Crippen LogP contribution in [0, 0.1) is 6.92 Å². The summed E-state index contributed by atoms with van der Waals surface area (Å²) in [4.78, 5) is 8.46. The molecule has 0 fully saturated rings. The van der Waals surface area contributed by atoms with Gasteiger partial charge in [-0.25, -0.2) is 9.97 Å². The van der Waals surface area contributed by atoms with Crippen LogP contribution in [0.4, 0.5) is 5.95 Å². The van der Waals surface area contributed by atoms with Gasteiger partial charge in [-0.05, 0) is 19.1 Å². The zero-order chi connectivity index (χ0) is 12.0. The van der Waals surface area contributed by atoms with Gasteiger partial charge in [0.25, 0.3) is 0 Å². The number of aryl methyl sites for hydroxylation is 1. The van der Waals surface area contributed by atoms with Crippen molar-refractivity contribution in [1.82, 2.24) is 9.97 Å². The predicted octanol–water partition coefficient (Wildman–Crippen LogP) is 3.40. The largest absolute Gasteiger partial charge is 0.357 e. The Kier molecular flexibility index (Phi) is 4.70. The van der Waals surface area contributed by atoms with E-state index in [9.17, 15) is 0 Å². The number of hydrogen-bond donors (Lipinski definition) is 1. The summed E-state index contributed by atoms with van der Waals surface area (Å²) in [7, 11) is 1.81. The molecule has 0 aliphatic heterocycles. The van der Waals surface area contributed by atoms with E-state index in [0.717, 1.165) is 10.9 Å². The van der Waals surface area contributed by atoms with Crippen LogP contribution in [0.1, 0.15) is 25.8 Å². The minimum Gasteiger partial charge on any atom is -0.357 e. The van der Waals surface area contributed by atoms with E-state index in [4.69, 9.17) is 0 Å². The van der Waals surface area contributed by atoms with E-state index < -0.39 is 0 Å². The van der Waals surface area contributed by atoms with Crippen molar-refractivity contribution in [2.45, 2.75) is 27.2 Å². The first kappa shape index (κ1) is 12.4. The molecule has 2 rings (SSSR count). The fraction of sp³-hybridized carbons (Fsp3) is 0.385. The Balaban J connectivity index is 0.000000386. The third-order valence-corrected chi connectivity index (χ3v) is 1.96. The predicted molar refractivity (Wildman–Crippen MR) is 69.8 cm³/mol. The Morgan fingerprint density at radius 1 is 1.25 bits per heavy atom. The third kappa shape index (κ3) is 3.19. The lowest BCUT2D eigenvalue weighted by Gasteiger charge is -2.01. The highest BCUT2D eigenvalue weighted by Crippen LogP contribution is 2.13. The van der Waals surface area contributed by atoms with Crippen LogP contribution in [0.2, 0.25) is 0 Å². The maximum absolute atomic E-state index is 4.31. The highest BCUT2D eigenvalue weighted by Gasteiger charge is 1.97. The Hall–Kier alpha value is -1.64. The van der Waals surface area contributed by atoms with Crippen LogP contribution in [0.3, 0.4) is 0 Å². The number of benzene rings is 1. The number of nitrogens with one attached hydrogen (secondary N) is 1. The van der Waals surface area contributed by atoms with Crippen molar-refractivity contribution in [3.05, 3.63) is 30.0 Å². The second-order valence-corrected chi connectivity index (χ2v) is 3.71. The summed E-state index contributed by atoms with van der Waals surface area (Å²) in [5.74, 6) is 0.663. The lowest BCUT2D eigenvalue weighted by Crippen LogP contribution is -1.95. The molecule has 0 saturated heterocycles. The van der Waals surface area contributed by atoms with E-state index in [0.29, 0.717) is 5.95 Å². The average Bonchev–Trinajstić information content (AvgIpc) is 2.29. The molecule has 0 bridgehead atoms. The molecule has 1 aromatic carbocycles. The summed E-state index contributed by atoms with van der Waals surface area (Å²) in [5.41, 5.74) is 2.21. The molecule has 16 heavy (non-hydrogen) atoms. The maximum atomic E-state index is 4.31. The van der Waals surface area contributed by atoms with Gasteiger partial charge in [0.05, 0.1) is 5.52 Å². The Labute approximate surface area is 96.9 Å². The van der Waals surface area contributed by atoms with Gasteiger partial charge in [0.2, 0.25) is 5.95 Å². The average molecular weight is 217 g/mol. The first-order chi connectivity index (χ1) is 7.71. The summed E-state index contributed by atoms with van der Waals surface area (Å²) in [6.45, 7) is 6.31. The second-order valence-electron chi connectivity index (χ2n) is 3.71. The third-order valence-electron chi connectivity index (χ3n) is 1.96. The minimum absolute atomic E-state index is 0.663. The molecule has 0 aliphatic rings. The molecule has 1 aromatic heterocycles. The van der Waals surface area contributed by atoms with Crippen LogP contribution in [0.25, 0.3) is 10.9 Å². The van der Waals surface area contributed by atoms with E-state index >= 15 is 0 Å². The molecule has 2 aromatic rings. The van der Waals surface area contributed by atoms with E-state index in [1.54, 1.807) is 0 Å². The van der Waals surface area contributed by atoms with Gasteiger partial charge in [-0.15, -0.1) is 0 Å². The molecule has 3 heteroatoms. The van der Waals surface area contributed by atoms with Gasteiger partial charge >= 0.3 is 0 Å². The van der Waals surface area contributed by atoms with E-state index in [1.165, 1.54) is 12.0 Å². The Morgan fingerprint density at radius 2 is 1.94 bits per heavy atom. The summed E-state index contributed by atoms with van der Waals surface area (Å²) in [5, 5.41) is 3.99. The second kappa shape index (κ2) is 6.05. The van der Waals surface area contributed by atoms with E-state index in [-0.39, 0.29) is 0 Å². The molecule has 1 heterocycles. The quantitative estimate of drug-likeness (QED) is 0.795. The summed E-state index contributed by atoms with van der Waals surface area (Å²) >= 11 is 0. The van der Waals surface area contributed by atoms with Crippen LogP contribution in [0.5, 0.6) is 0 Å². The van der Waals surface area contributed by atoms with Crippen molar-refractivity contribution in [2.24, 2.45) is 0 Å². The number of nitrogens with zero attached hydrogens (tertiary/aromatic N) is 2. The molecule has 0 aliphatic carbocycles. The van der Waals surface area contributed by atoms with E-state index in [2.05, 4.69) is 48.2 Å². The molecule has 0 unspecified atom stereocenters. The van der Waals surface area contributed by atoms with Crippen molar-refractivity contribution >= 4 is 16.9 Å². The molecule has 0 radical (unpaired) electrons. The van der Waals surface area contributed by atoms with Crippen molar-refractivity contribution in [2.75, 3.05) is 12.4 Å². The number of fused-ring (bicyclic) bond motifs is 1. The van der Waals surface area contributed by atoms with Gasteiger partial charge in [0.15, 0.2) is 0 Å². The van der Waals surface area contributed by atoms with Crippen molar-refractivity contribution in [1.29, 1.82) is 0 Å². The van der Waals surface area contributed by atoms with Gasteiger partial charge in [-0.3, -0.25) is 0 Å². The summed E-state index contributed by atoms with van der Waals surface area (Å²) < 4.78 is 0. The topological polar surface area (TPSA) is 37.8 Å². The summed E-state index contributed by atoms with van der Waals surface area (Å²) in [6, 6.07) is 6.14. The lowest BCUT2D eigenvalue weighted by atomic mass is 10.2. The molecule has 0 spiro atoms. The number of hydrogen-bond acceptors (Lipinski definition) is 3. The molecule has 1 N–H and O–H groups in total. The van der Waals surface area contributed by atoms with Crippen molar-refractivity contribution in [3.8, 4) is 0 Å². The fourth-order valence-electron chi connectivity index (χ4n) is 1.27. The first-order valence-electron chi connectivity index (χ1n) is 5.62. The smallest absolute Gasteiger partial charge is 0.222 e. The van der Waals surface area contributed by atoms with Crippen LogP contribution in [-0.2, 0) is 0 Å². The zero-order valence-corrected chi connectivity index (χ0v) is 10.4. The van der Waals surface area contributed by atoms with Gasteiger partial charge in [-0.2, -0.15) is 0 Å². The van der Waals surface area contributed by atoms with Gasteiger partial charge in [0.1, 0.15) is 0 Å². The molecular weight excluding hydrogens is 198 g/mol. The van der Waals surface area contributed by atoms with Gasteiger partial charge in [0, 0.05) is 18.6 Å². The maximum Gasteiger partial charge on any atom is 0.222 e. The van der Waals surface area contributed by atoms with Crippen LogP contribution in [-0.4, -0.2) is 17.0 Å². The number of rotatable bonds is 1. The molecule has 0 saturated carbocycles. The van der Waals surface area contributed by atoms with Crippen molar-refractivity contribution < 1.29 is 0 Å². The van der Waals surface area contributed by atoms with Crippen molar-refractivity contribution in [3.63, 3.8) is 0 Å². The Bertz CT molecular complexity index is 452. The monoisotopic (exact) mass is 217 g/mol. The molecule has 0 atom stereocenters. The highest BCUT2D eigenvalue weighted by molar-refractivity contribution is 5.79. The van der Waals surface area contributed by atoms with E-state index in [1.807, 2.05) is 19.3 Å². The number of anilines is 1. The molecular formula is C13H19N3. The molecule has 3 nitrogen and oxygen atoms in total. The van der Waals surface area contributed by atoms with Gasteiger partial charge in [-0.1, -0.05) is 31.9 Å². The number of aromatic nitrogens is 2. The van der Waals surface area contributed by atoms with Gasteiger partial charge < -0.3 is 5.32 Å². The summed E-state index contributed by atoms with van der Waals surface area (Å²) in [6.07, 6.45) is 3.08. The standard InChI is InChI=1S/C10H11N3.C3H8/c1-7-3-4-9-8(5-7)6-12-10(11-2)13-9;1-3-2/h3-6H,1-2H3,(H,11,12,13);3H2,1-2H3. The normalized spacial score (nSPS) is 9.50. The minimum atomic E-state index is 0.663. The van der Waals surface area contributed by atoms with Crippen LogP contribution in [0.15, 0.2) is 24.4 Å². The first-order valence-corrected chi connectivity index (χ1v) is 5.62. The Morgan fingerprint density at radius 3 is 2.56 bits per heavy atom. The zero-order valence-electron chi connectivity index (χ0n) is 10.4. The highest BCUT2D eigenvalue weighted by atomic mass is 15.1. The van der Waals surface area contributed by atoms with Crippen LogP contribution >= 0.6 is 0 Å². The lowest BCUT2D eigenvalue weighted by molar-refractivity contribution is 1.09. The molecule has 0 amide bonds. The van der Waals surface area contributed by atoms with Crippen LogP contribution < -0.4 is 5.32 Å². The molecule has 86 valence electrons. The fourth-order valence-corrected chi connectivity index (χ4v) is 1.27. The SMILES string of the molecule is CCC.CNc1ncc2cc(C)ccc2n1.